The number of nitriles is 1. The number of piperidine rings is 1. The average molecular weight is 180 g/mol. The molecule has 0 amide bonds. The van der Waals surface area contributed by atoms with Gasteiger partial charge in [0.25, 0.3) is 0 Å². The van der Waals surface area contributed by atoms with E-state index in [1.807, 2.05) is 0 Å². The van der Waals surface area contributed by atoms with Crippen molar-refractivity contribution in [1.29, 1.82) is 5.26 Å². The summed E-state index contributed by atoms with van der Waals surface area (Å²) in [6.07, 6.45) is 3.37. The van der Waals surface area contributed by atoms with Crippen LogP contribution in [0.5, 0.6) is 0 Å². The molecule has 2 heteroatoms. The number of rotatable bonds is 3. The van der Waals surface area contributed by atoms with Gasteiger partial charge in [-0.1, -0.05) is 13.8 Å². The van der Waals surface area contributed by atoms with E-state index in [2.05, 4.69) is 24.8 Å². The molecule has 0 N–H and O–H groups in total. The fourth-order valence-electron chi connectivity index (χ4n) is 2.05. The van der Waals surface area contributed by atoms with Gasteiger partial charge in [-0.25, -0.2) is 0 Å². The molecule has 0 saturated carbocycles. The van der Waals surface area contributed by atoms with Gasteiger partial charge in [0, 0.05) is 19.5 Å². The van der Waals surface area contributed by atoms with E-state index >= 15 is 0 Å². The van der Waals surface area contributed by atoms with E-state index in [-0.39, 0.29) is 0 Å². The Hall–Kier alpha value is -0.550. The van der Waals surface area contributed by atoms with Crippen molar-refractivity contribution in [3.8, 4) is 6.07 Å². The first kappa shape index (κ1) is 10.5. The lowest BCUT2D eigenvalue weighted by Crippen LogP contribution is -2.37. The quantitative estimate of drug-likeness (QED) is 0.666. The van der Waals surface area contributed by atoms with Crippen LogP contribution in [0.15, 0.2) is 0 Å². The van der Waals surface area contributed by atoms with Crippen LogP contribution in [0, 0.1) is 23.2 Å². The molecule has 1 fully saturated rings. The van der Waals surface area contributed by atoms with Crippen molar-refractivity contribution in [1.82, 2.24) is 4.90 Å². The second-order valence-electron chi connectivity index (χ2n) is 4.36. The predicted octanol–water partition coefficient (Wildman–Crippen LogP) is 2.27. The minimum Gasteiger partial charge on any atom is -0.302 e. The second-order valence-corrected chi connectivity index (χ2v) is 4.36. The maximum Gasteiger partial charge on any atom is 0.0635 e. The van der Waals surface area contributed by atoms with Crippen molar-refractivity contribution in [2.24, 2.45) is 11.8 Å². The molecule has 13 heavy (non-hydrogen) atoms. The predicted molar refractivity (Wildman–Crippen MR) is 54.2 cm³/mol. The first-order valence-corrected chi connectivity index (χ1v) is 5.33. The molecule has 1 heterocycles. The van der Waals surface area contributed by atoms with Crippen molar-refractivity contribution in [2.45, 2.75) is 33.1 Å². The van der Waals surface area contributed by atoms with Crippen LogP contribution in [0.25, 0.3) is 0 Å². The highest BCUT2D eigenvalue weighted by Crippen LogP contribution is 2.23. The van der Waals surface area contributed by atoms with Crippen molar-refractivity contribution in [3.63, 3.8) is 0 Å². The monoisotopic (exact) mass is 180 g/mol. The summed E-state index contributed by atoms with van der Waals surface area (Å²) < 4.78 is 0. The molecule has 0 radical (unpaired) electrons. The summed E-state index contributed by atoms with van der Waals surface area (Å²) in [7, 11) is 0. The van der Waals surface area contributed by atoms with E-state index in [0.717, 1.165) is 18.4 Å². The molecule has 1 rings (SSSR count). The SMILES string of the molecule is CC(C)[C@@H]1CCCN(CCC#N)C1. The Bertz CT molecular complexity index is 181. The molecular weight excluding hydrogens is 160 g/mol. The summed E-state index contributed by atoms with van der Waals surface area (Å²) in [4.78, 5) is 2.44. The van der Waals surface area contributed by atoms with E-state index in [1.54, 1.807) is 0 Å². The standard InChI is InChI=1S/C11H20N2/c1-10(2)11-5-3-7-13(9-11)8-4-6-12/h10-11H,3-5,7-9H2,1-2H3/t11-/m1/s1. The highest BCUT2D eigenvalue weighted by Gasteiger charge is 2.21. The Morgan fingerprint density at radius 1 is 1.54 bits per heavy atom. The molecule has 0 bridgehead atoms. The van der Waals surface area contributed by atoms with Gasteiger partial charge in [0.15, 0.2) is 0 Å². The highest BCUT2D eigenvalue weighted by atomic mass is 15.1. The number of hydrogen-bond donors (Lipinski definition) is 0. The van der Waals surface area contributed by atoms with Gasteiger partial charge in [0.2, 0.25) is 0 Å². The van der Waals surface area contributed by atoms with Gasteiger partial charge in [-0.05, 0) is 31.2 Å². The van der Waals surface area contributed by atoms with Gasteiger partial charge in [-0.3, -0.25) is 0 Å². The fraction of sp³-hybridized carbons (Fsp3) is 0.909. The number of hydrogen-bond acceptors (Lipinski definition) is 2. The Labute approximate surface area is 81.5 Å². The van der Waals surface area contributed by atoms with Crippen LogP contribution in [0.4, 0.5) is 0 Å². The zero-order valence-corrected chi connectivity index (χ0v) is 8.79. The van der Waals surface area contributed by atoms with E-state index in [0.29, 0.717) is 6.42 Å². The fourth-order valence-corrected chi connectivity index (χ4v) is 2.05. The third-order valence-corrected chi connectivity index (χ3v) is 3.02. The van der Waals surface area contributed by atoms with Crippen LogP contribution >= 0.6 is 0 Å². The summed E-state index contributed by atoms with van der Waals surface area (Å²) in [6.45, 7) is 7.99. The topological polar surface area (TPSA) is 27.0 Å². The summed E-state index contributed by atoms with van der Waals surface area (Å²) >= 11 is 0. The lowest BCUT2D eigenvalue weighted by Gasteiger charge is -2.34. The van der Waals surface area contributed by atoms with E-state index in [9.17, 15) is 0 Å². The van der Waals surface area contributed by atoms with Gasteiger partial charge < -0.3 is 4.90 Å². The molecule has 0 aliphatic carbocycles. The van der Waals surface area contributed by atoms with Crippen LogP contribution in [-0.2, 0) is 0 Å². The number of nitrogens with zero attached hydrogens (tertiary/aromatic N) is 2. The summed E-state index contributed by atoms with van der Waals surface area (Å²) in [5.74, 6) is 1.65. The summed E-state index contributed by atoms with van der Waals surface area (Å²) in [5, 5.41) is 8.50. The average Bonchev–Trinajstić information content (AvgIpc) is 2.15. The van der Waals surface area contributed by atoms with Crippen LogP contribution in [-0.4, -0.2) is 24.5 Å². The Kier molecular flexibility index (Phi) is 4.24. The molecule has 1 aliphatic heterocycles. The van der Waals surface area contributed by atoms with E-state index < -0.39 is 0 Å². The first-order chi connectivity index (χ1) is 6.24. The molecule has 2 nitrogen and oxygen atoms in total. The van der Waals surface area contributed by atoms with Gasteiger partial charge in [-0.15, -0.1) is 0 Å². The second kappa shape index (κ2) is 5.24. The summed E-state index contributed by atoms with van der Waals surface area (Å²) in [6, 6.07) is 2.22. The Morgan fingerprint density at radius 2 is 2.31 bits per heavy atom. The normalized spacial score (nSPS) is 24.6. The molecule has 1 saturated heterocycles. The maximum atomic E-state index is 8.50. The van der Waals surface area contributed by atoms with Crippen molar-refractivity contribution >= 4 is 0 Å². The Balaban J connectivity index is 2.29. The first-order valence-electron chi connectivity index (χ1n) is 5.33. The molecule has 0 spiro atoms. The minimum absolute atomic E-state index is 0.685. The summed E-state index contributed by atoms with van der Waals surface area (Å²) in [5.41, 5.74) is 0. The van der Waals surface area contributed by atoms with Gasteiger partial charge in [0.05, 0.1) is 6.07 Å². The van der Waals surface area contributed by atoms with Gasteiger partial charge in [0.1, 0.15) is 0 Å². The van der Waals surface area contributed by atoms with Gasteiger partial charge >= 0.3 is 0 Å². The van der Waals surface area contributed by atoms with Crippen LogP contribution in [0.1, 0.15) is 33.1 Å². The minimum atomic E-state index is 0.685. The third kappa shape index (κ3) is 3.36. The lowest BCUT2D eigenvalue weighted by molar-refractivity contribution is 0.148. The molecule has 0 aromatic heterocycles. The van der Waals surface area contributed by atoms with E-state index in [1.165, 1.54) is 25.9 Å². The molecule has 1 aliphatic rings. The lowest BCUT2D eigenvalue weighted by atomic mass is 9.88. The van der Waals surface area contributed by atoms with Crippen molar-refractivity contribution < 1.29 is 0 Å². The molecule has 0 unspecified atom stereocenters. The molecule has 74 valence electrons. The van der Waals surface area contributed by atoms with E-state index in [4.69, 9.17) is 5.26 Å². The van der Waals surface area contributed by atoms with Crippen LogP contribution in [0.3, 0.4) is 0 Å². The largest absolute Gasteiger partial charge is 0.302 e. The smallest absolute Gasteiger partial charge is 0.0635 e. The van der Waals surface area contributed by atoms with Crippen LogP contribution in [0.2, 0.25) is 0 Å². The molecule has 0 aromatic rings. The maximum absolute atomic E-state index is 8.50. The molecule has 0 aromatic carbocycles. The Morgan fingerprint density at radius 3 is 2.92 bits per heavy atom. The zero-order valence-electron chi connectivity index (χ0n) is 8.79. The van der Waals surface area contributed by atoms with Crippen LogP contribution < -0.4 is 0 Å². The molecule has 1 atom stereocenters. The highest BCUT2D eigenvalue weighted by molar-refractivity contribution is 4.78. The van der Waals surface area contributed by atoms with Crippen molar-refractivity contribution in [3.05, 3.63) is 0 Å². The number of likely N-dealkylation sites (tertiary alicyclic amines) is 1. The third-order valence-electron chi connectivity index (χ3n) is 3.02. The molecular formula is C11H20N2. The van der Waals surface area contributed by atoms with Crippen molar-refractivity contribution in [2.75, 3.05) is 19.6 Å². The zero-order chi connectivity index (χ0) is 9.68. The van der Waals surface area contributed by atoms with Gasteiger partial charge in [-0.2, -0.15) is 5.26 Å².